The number of nitrogens with two attached hydrogens (primary N) is 1. The zero-order chi connectivity index (χ0) is 12.8. The van der Waals surface area contributed by atoms with Gasteiger partial charge in [0.15, 0.2) is 0 Å². The molecule has 0 radical (unpaired) electrons. The smallest absolute Gasteiger partial charge is 0.248 e. The van der Waals surface area contributed by atoms with Crippen LogP contribution in [0.2, 0.25) is 0 Å². The molecule has 100 valence electrons. The zero-order valence-electron chi connectivity index (χ0n) is 11.3. The number of carbonyl (C=O) groups excluding carboxylic acids is 1. The summed E-state index contributed by atoms with van der Waals surface area (Å²) in [7, 11) is 1.82. The quantitative estimate of drug-likeness (QED) is 0.697. The lowest BCUT2D eigenvalue weighted by molar-refractivity contribution is -0.135. The molecule has 1 aliphatic rings. The molecule has 1 fully saturated rings. The van der Waals surface area contributed by atoms with E-state index in [4.69, 9.17) is 10.5 Å². The maximum absolute atomic E-state index is 11.7. The number of ether oxygens (including phenoxy) is 1. The maximum atomic E-state index is 11.7. The van der Waals surface area contributed by atoms with E-state index < -0.39 is 0 Å². The van der Waals surface area contributed by atoms with Crippen LogP contribution in [-0.2, 0) is 9.53 Å². The van der Waals surface area contributed by atoms with Gasteiger partial charge in [-0.1, -0.05) is 13.8 Å². The van der Waals surface area contributed by atoms with Crippen molar-refractivity contribution in [2.75, 3.05) is 26.8 Å². The van der Waals surface area contributed by atoms with Crippen molar-refractivity contribution in [1.82, 2.24) is 4.90 Å². The summed E-state index contributed by atoms with van der Waals surface area (Å²) < 4.78 is 5.37. The van der Waals surface area contributed by atoms with Crippen LogP contribution in [0.5, 0.6) is 0 Å². The summed E-state index contributed by atoms with van der Waals surface area (Å²) in [5.41, 5.74) is 5.94. The highest BCUT2D eigenvalue weighted by atomic mass is 16.5. The van der Waals surface area contributed by atoms with Crippen molar-refractivity contribution in [3.8, 4) is 0 Å². The molecule has 0 aromatic carbocycles. The highest BCUT2D eigenvalue weighted by Crippen LogP contribution is 2.28. The Morgan fingerprint density at radius 3 is 2.65 bits per heavy atom. The summed E-state index contributed by atoms with van der Waals surface area (Å²) in [6, 6.07) is 0.164. The molecule has 2 N–H and O–H groups in total. The third-order valence-corrected chi connectivity index (χ3v) is 3.36. The van der Waals surface area contributed by atoms with Gasteiger partial charge < -0.3 is 15.4 Å². The van der Waals surface area contributed by atoms with Crippen LogP contribution in [0.1, 0.15) is 33.1 Å². The van der Waals surface area contributed by atoms with Crippen molar-refractivity contribution in [3.63, 3.8) is 0 Å². The van der Waals surface area contributed by atoms with Crippen LogP contribution < -0.4 is 5.73 Å². The van der Waals surface area contributed by atoms with E-state index in [1.165, 1.54) is 12.8 Å². The first-order valence-corrected chi connectivity index (χ1v) is 6.58. The summed E-state index contributed by atoms with van der Waals surface area (Å²) in [4.78, 5) is 13.4. The van der Waals surface area contributed by atoms with Crippen molar-refractivity contribution in [2.45, 2.75) is 39.2 Å². The fourth-order valence-electron chi connectivity index (χ4n) is 1.51. The van der Waals surface area contributed by atoms with Gasteiger partial charge >= 0.3 is 0 Å². The van der Waals surface area contributed by atoms with Gasteiger partial charge in [-0.2, -0.15) is 0 Å². The molecule has 0 heterocycles. The van der Waals surface area contributed by atoms with Crippen molar-refractivity contribution in [1.29, 1.82) is 0 Å². The molecule has 1 rings (SSSR count). The first-order chi connectivity index (χ1) is 8.00. The monoisotopic (exact) mass is 242 g/mol. The highest BCUT2D eigenvalue weighted by Gasteiger charge is 2.22. The van der Waals surface area contributed by atoms with Gasteiger partial charge in [0.2, 0.25) is 5.91 Å². The number of carbonyl (C=O) groups is 1. The third kappa shape index (κ3) is 6.03. The lowest BCUT2D eigenvalue weighted by atomic mass is 10.0. The lowest BCUT2D eigenvalue weighted by Crippen LogP contribution is -2.36. The van der Waals surface area contributed by atoms with Crippen LogP contribution in [0.15, 0.2) is 0 Å². The summed E-state index contributed by atoms with van der Waals surface area (Å²) >= 11 is 0. The number of likely N-dealkylation sites (N-methyl/N-ethyl adjacent to an activating group) is 1. The Labute approximate surface area is 104 Å². The molecular formula is C13H26N2O2. The van der Waals surface area contributed by atoms with Gasteiger partial charge in [0.1, 0.15) is 6.61 Å². The number of amides is 1. The van der Waals surface area contributed by atoms with Crippen LogP contribution in [0, 0.1) is 11.8 Å². The first kappa shape index (κ1) is 14.5. The molecule has 0 aliphatic heterocycles. The maximum Gasteiger partial charge on any atom is 0.248 e. The molecule has 0 bridgehead atoms. The molecule has 4 heteroatoms. The Bertz CT molecular complexity index is 240. The van der Waals surface area contributed by atoms with Gasteiger partial charge in [-0.25, -0.2) is 0 Å². The molecule has 0 aromatic heterocycles. The Balaban J connectivity index is 2.07. The second-order valence-electron chi connectivity index (χ2n) is 5.47. The number of nitrogens with zero attached hydrogens (tertiary/aromatic N) is 1. The van der Waals surface area contributed by atoms with Gasteiger partial charge in [0, 0.05) is 19.6 Å². The number of hydrogen-bond donors (Lipinski definition) is 1. The first-order valence-electron chi connectivity index (χ1n) is 6.58. The van der Waals surface area contributed by atoms with Crippen molar-refractivity contribution < 1.29 is 9.53 Å². The second kappa shape index (κ2) is 6.97. The molecule has 1 atom stereocenters. The predicted octanol–water partition coefficient (Wildman–Crippen LogP) is 1.24. The molecule has 0 spiro atoms. The summed E-state index contributed by atoms with van der Waals surface area (Å²) in [5.74, 6) is 1.23. The average molecular weight is 242 g/mol. The summed E-state index contributed by atoms with van der Waals surface area (Å²) in [5, 5.41) is 0. The molecule has 17 heavy (non-hydrogen) atoms. The fourth-order valence-corrected chi connectivity index (χ4v) is 1.51. The molecule has 1 saturated carbocycles. The Morgan fingerprint density at radius 1 is 1.47 bits per heavy atom. The largest absolute Gasteiger partial charge is 0.371 e. The molecule has 1 unspecified atom stereocenters. The minimum absolute atomic E-state index is 0.0570. The molecule has 1 aliphatic carbocycles. The van der Waals surface area contributed by atoms with Gasteiger partial charge in [-0.3, -0.25) is 4.79 Å². The van der Waals surface area contributed by atoms with Gasteiger partial charge in [0.05, 0.1) is 6.61 Å². The highest BCUT2D eigenvalue weighted by molar-refractivity contribution is 5.77. The normalized spacial score (nSPS) is 17.2. The molecule has 0 saturated heterocycles. The second-order valence-corrected chi connectivity index (χ2v) is 5.47. The Morgan fingerprint density at radius 2 is 2.12 bits per heavy atom. The topological polar surface area (TPSA) is 55.6 Å². The van der Waals surface area contributed by atoms with Crippen LogP contribution >= 0.6 is 0 Å². The molecule has 1 amide bonds. The average Bonchev–Trinajstić information content (AvgIpc) is 3.08. The van der Waals surface area contributed by atoms with E-state index in [0.717, 1.165) is 13.0 Å². The van der Waals surface area contributed by atoms with Crippen LogP contribution in [-0.4, -0.2) is 43.7 Å². The van der Waals surface area contributed by atoms with Gasteiger partial charge in [-0.15, -0.1) is 0 Å². The van der Waals surface area contributed by atoms with Crippen LogP contribution in [0.25, 0.3) is 0 Å². The van der Waals surface area contributed by atoms with Crippen molar-refractivity contribution >= 4 is 5.91 Å². The van der Waals surface area contributed by atoms with Crippen LogP contribution in [0.4, 0.5) is 0 Å². The standard InChI is InChI=1S/C13H26N2O2/c1-10(2)12(14)6-7-15(3)13(16)9-17-8-11-4-5-11/h10-12H,4-9,14H2,1-3H3. The Hall–Kier alpha value is -0.610. The summed E-state index contributed by atoms with van der Waals surface area (Å²) in [6.07, 6.45) is 3.36. The molecular weight excluding hydrogens is 216 g/mol. The summed E-state index contributed by atoms with van der Waals surface area (Å²) in [6.45, 7) is 5.87. The van der Waals surface area contributed by atoms with E-state index in [0.29, 0.717) is 18.4 Å². The molecule has 4 nitrogen and oxygen atoms in total. The SMILES string of the molecule is CC(C)C(N)CCN(C)C(=O)COCC1CC1. The minimum atomic E-state index is 0.0570. The van der Waals surface area contributed by atoms with E-state index in [-0.39, 0.29) is 18.6 Å². The Kier molecular flexibility index (Phi) is 5.92. The number of rotatable bonds is 8. The third-order valence-electron chi connectivity index (χ3n) is 3.36. The van der Waals surface area contributed by atoms with Gasteiger partial charge in [-0.05, 0) is 31.1 Å². The predicted molar refractivity (Wildman–Crippen MR) is 68.6 cm³/mol. The molecule has 0 aromatic rings. The van der Waals surface area contributed by atoms with Gasteiger partial charge in [0.25, 0.3) is 0 Å². The number of hydrogen-bond acceptors (Lipinski definition) is 3. The zero-order valence-corrected chi connectivity index (χ0v) is 11.3. The van der Waals surface area contributed by atoms with E-state index in [9.17, 15) is 4.79 Å². The van der Waals surface area contributed by atoms with Crippen molar-refractivity contribution in [2.24, 2.45) is 17.6 Å². The van der Waals surface area contributed by atoms with E-state index in [1.807, 2.05) is 7.05 Å². The van der Waals surface area contributed by atoms with Crippen molar-refractivity contribution in [3.05, 3.63) is 0 Å². The minimum Gasteiger partial charge on any atom is -0.371 e. The van der Waals surface area contributed by atoms with E-state index >= 15 is 0 Å². The van der Waals surface area contributed by atoms with E-state index in [2.05, 4.69) is 13.8 Å². The van der Waals surface area contributed by atoms with Crippen LogP contribution in [0.3, 0.4) is 0 Å². The lowest BCUT2D eigenvalue weighted by Gasteiger charge is -2.21. The van der Waals surface area contributed by atoms with E-state index in [1.54, 1.807) is 4.90 Å². The fraction of sp³-hybridized carbons (Fsp3) is 0.923.